The van der Waals surface area contributed by atoms with Gasteiger partial charge in [-0.05, 0) is 31.4 Å². The maximum Gasteiger partial charge on any atom is 0.254 e. The van der Waals surface area contributed by atoms with Gasteiger partial charge in [-0.25, -0.2) is 0 Å². The number of carbonyl (C=O) groups is 1. The first-order chi connectivity index (χ1) is 7.24. The lowest BCUT2D eigenvalue weighted by Crippen LogP contribution is -2.24. The van der Waals surface area contributed by atoms with E-state index in [0.717, 1.165) is 12.8 Å². The Kier molecular flexibility index (Phi) is 4.90. The number of carbonyl (C=O) groups excluding carboxylic acids is 1. The Morgan fingerprint density at radius 1 is 1.67 bits per heavy atom. The van der Waals surface area contributed by atoms with Crippen molar-refractivity contribution in [2.24, 2.45) is 11.7 Å². The van der Waals surface area contributed by atoms with Gasteiger partial charge in [0.1, 0.15) is 6.26 Å². The molecule has 0 bridgehead atoms. The third-order valence-electron chi connectivity index (χ3n) is 2.34. The topological polar surface area (TPSA) is 68.3 Å². The molecule has 0 radical (unpaired) electrons. The second-order valence-electron chi connectivity index (χ2n) is 3.75. The van der Waals surface area contributed by atoms with E-state index in [2.05, 4.69) is 12.2 Å². The first kappa shape index (κ1) is 11.8. The van der Waals surface area contributed by atoms with Crippen molar-refractivity contribution in [2.75, 3.05) is 13.1 Å². The Morgan fingerprint density at radius 3 is 3.07 bits per heavy atom. The zero-order valence-corrected chi connectivity index (χ0v) is 9.03. The number of hydrogen-bond acceptors (Lipinski definition) is 3. The molecule has 0 fully saturated rings. The van der Waals surface area contributed by atoms with Gasteiger partial charge in [-0.1, -0.05) is 6.92 Å². The van der Waals surface area contributed by atoms with E-state index in [0.29, 0.717) is 24.6 Å². The summed E-state index contributed by atoms with van der Waals surface area (Å²) < 4.78 is 4.82. The largest absolute Gasteiger partial charge is 0.472 e. The van der Waals surface area contributed by atoms with Crippen LogP contribution >= 0.6 is 0 Å². The van der Waals surface area contributed by atoms with Gasteiger partial charge in [0.05, 0.1) is 11.8 Å². The minimum Gasteiger partial charge on any atom is -0.472 e. The fourth-order valence-corrected chi connectivity index (χ4v) is 1.27. The Morgan fingerprint density at radius 2 is 2.47 bits per heavy atom. The molecule has 0 aliphatic carbocycles. The third kappa shape index (κ3) is 4.16. The van der Waals surface area contributed by atoms with E-state index in [4.69, 9.17) is 10.2 Å². The second-order valence-corrected chi connectivity index (χ2v) is 3.75. The summed E-state index contributed by atoms with van der Waals surface area (Å²) in [5, 5.41) is 2.82. The van der Waals surface area contributed by atoms with Crippen LogP contribution in [-0.2, 0) is 0 Å². The van der Waals surface area contributed by atoms with Crippen LogP contribution in [0.15, 0.2) is 23.0 Å². The number of nitrogens with two attached hydrogens (primary N) is 1. The Bertz CT molecular complexity index is 283. The fourth-order valence-electron chi connectivity index (χ4n) is 1.27. The van der Waals surface area contributed by atoms with Crippen molar-refractivity contribution in [3.8, 4) is 0 Å². The highest BCUT2D eigenvalue weighted by Gasteiger charge is 2.05. The van der Waals surface area contributed by atoms with Crippen LogP contribution in [0.25, 0.3) is 0 Å². The molecule has 3 N–H and O–H groups in total. The minimum absolute atomic E-state index is 0.0795. The lowest BCUT2D eigenvalue weighted by Gasteiger charge is -2.08. The molecule has 84 valence electrons. The van der Waals surface area contributed by atoms with Gasteiger partial charge in [0, 0.05) is 6.54 Å². The smallest absolute Gasteiger partial charge is 0.254 e. The summed E-state index contributed by atoms with van der Waals surface area (Å²) in [6.45, 7) is 3.50. The van der Waals surface area contributed by atoms with E-state index in [1.54, 1.807) is 6.07 Å². The normalized spacial score (nSPS) is 12.4. The standard InChI is InChI=1S/C11H18N2O2/c1-9(7-12)3-2-5-13-11(14)10-4-6-15-8-10/h4,6,8-9H,2-3,5,7,12H2,1H3,(H,13,14). The number of furan rings is 1. The van der Waals surface area contributed by atoms with E-state index in [1.807, 2.05) is 0 Å². The molecule has 4 nitrogen and oxygen atoms in total. The van der Waals surface area contributed by atoms with Crippen molar-refractivity contribution in [1.82, 2.24) is 5.32 Å². The van der Waals surface area contributed by atoms with Gasteiger partial charge >= 0.3 is 0 Å². The van der Waals surface area contributed by atoms with Crippen LogP contribution < -0.4 is 11.1 Å². The molecule has 1 rings (SSSR count). The SMILES string of the molecule is CC(CN)CCCNC(=O)c1ccoc1. The van der Waals surface area contributed by atoms with Crippen LogP contribution in [0.1, 0.15) is 30.1 Å². The van der Waals surface area contributed by atoms with Gasteiger partial charge in [-0.2, -0.15) is 0 Å². The fraction of sp³-hybridized carbons (Fsp3) is 0.545. The highest BCUT2D eigenvalue weighted by Crippen LogP contribution is 2.03. The maximum atomic E-state index is 11.4. The van der Waals surface area contributed by atoms with Crippen LogP contribution in [0.4, 0.5) is 0 Å². The highest BCUT2D eigenvalue weighted by molar-refractivity contribution is 5.93. The van der Waals surface area contributed by atoms with Crippen LogP contribution in [0, 0.1) is 5.92 Å². The molecular weight excluding hydrogens is 192 g/mol. The van der Waals surface area contributed by atoms with Crippen LogP contribution in [0.2, 0.25) is 0 Å². The van der Waals surface area contributed by atoms with E-state index < -0.39 is 0 Å². The molecule has 15 heavy (non-hydrogen) atoms. The summed E-state index contributed by atoms with van der Waals surface area (Å²) in [4.78, 5) is 11.4. The van der Waals surface area contributed by atoms with Gasteiger partial charge in [0.15, 0.2) is 0 Å². The monoisotopic (exact) mass is 210 g/mol. The molecule has 0 saturated carbocycles. The predicted molar refractivity (Wildman–Crippen MR) is 58.5 cm³/mol. The Hall–Kier alpha value is -1.29. The molecule has 4 heteroatoms. The molecule has 1 atom stereocenters. The van der Waals surface area contributed by atoms with E-state index in [-0.39, 0.29) is 5.91 Å². The zero-order chi connectivity index (χ0) is 11.1. The van der Waals surface area contributed by atoms with Gasteiger partial charge in [0.2, 0.25) is 0 Å². The van der Waals surface area contributed by atoms with Crippen LogP contribution in [0.5, 0.6) is 0 Å². The molecule has 1 amide bonds. The van der Waals surface area contributed by atoms with Crippen molar-refractivity contribution < 1.29 is 9.21 Å². The molecular formula is C11H18N2O2. The van der Waals surface area contributed by atoms with Gasteiger partial charge < -0.3 is 15.5 Å². The van der Waals surface area contributed by atoms with Crippen LogP contribution in [0.3, 0.4) is 0 Å². The van der Waals surface area contributed by atoms with Gasteiger partial charge in [-0.3, -0.25) is 4.79 Å². The number of amides is 1. The lowest BCUT2D eigenvalue weighted by atomic mass is 10.1. The lowest BCUT2D eigenvalue weighted by molar-refractivity contribution is 0.0952. The van der Waals surface area contributed by atoms with Crippen molar-refractivity contribution in [3.63, 3.8) is 0 Å². The minimum atomic E-state index is -0.0795. The molecule has 0 aliphatic rings. The molecule has 0 aliphatic heterocycles. The Balaban J connectivity index is 2.13. The van der Waals surface area contributed by atoms with E-state index >= 15 is 0 Å². The Labute approximate surface area is 89.8 Å². The number of nitrogens with one attached hydrogen (secondary N) is 1. The van der Waals surface area contributed by atoms with Crippen molar-refractivity contribution in [2.45, 2.75) is 19.8 Å². The van der Waals surface area contributed by atoms with Crippen LogP contribution in [-0.4, -0.2) is 19.0 Å². The zero-order valence-electron chi connectivity index (χ0n) is 9.03. The summed E-state index contributed by atoms with van der Waals surface area (Å²) in [6.07, 6.45) is 4.94. The quantitative estimate of drug-likeness (QED) is 0.697. The summed E-state index contributed by atoms with van der Waals surface area (Å²) >= 11 is 0. The summed E-state index contributed by atoms with van der Waals surface area (Å²) in [5.41, 5.74) is 6.06. The molecule has 0 aromatic carbocycles. The number of hydrogen-bond donors (Lipinski definition) is 2. The van der Waals surface area contributed by atoms with Crippen molar-refractivity contribution in [3.05, 3.63) is 24.2 Å². The first-order valence-electron chi connectivity index (χ1n) is 5.24. The molecule has 1 unspecified atom stereocenters. The maximum absolute atomic E-state index is 11.4. The first-order valence-corrected chi connectivity index (χ1v) is 5.24. The van der Waals surface area contributed by atoms with E-state index in [1.165, 1.54) is 12.5 Å². The third-order valence-corrected chi connectivity index (χ3v) is 2.34. The average molecular weight is 210 g/mol. The average Bonchev–Trinajstić information content (AvgIpc) is 2.77. The number of rotatable bonds is 6. The molecule has 0 spiro atoms. The van der Waals surface area contributed by atoms with Gasteiger partial charge in [-0.15, -0.1) is 0 Å². The summed E-state index contributed by atoms with van der Waals surface area (Å²) in [7, 11) is 0. The second kappa shape index (κ2) is 6.24. The predicted octanol–water partition coefficient (Wildman–Crippen LogP) is 1.38. The summed E-state index contributed by atoms with van der Waals surface area (Å²) in [6, 6.07) is 1.65. The van der Waals surface area contributed by atoms with Gasteiger partial charge in [0.25, 0.3) is 5.91 Å². The molecule has 1 aromatic rings. The van der Waals surface area contributed by atoms with Crippen molar-refractivity contribution >= 4 is 5.91 Å². The highest BCUT2D eigenvalue weighted by atomic mass is 16.3. The molecule has 1 heterocycles. The molecule has 1 aromatic heterocycles. The van der Waals surface area contributed by atoms with E-state index in [9.17, 15) is 4.79 Å². The molecule has 0 saturated heterocycles. The summed E-state index contributed by atoms with van der Waals surface area (Å²) in [5.74, 6) is 0.444. The van der Waals surface area contributed by atoms with Crippen molar-refractivity contribution in [1.29, 1.82) is 0 Å².